The maximum Gasteiger partial charge on any atom is 0.484 e. The summed E-state index contributed by atoms with van der Waals surface area (Å²) in [6.07, 6.45) is -0.503. The van der Waals surface area contributed by atoms with Gasteiger partial charge in [-0.2, -0.15) is 0 Å². The van der Waals surface area contributed by atoms with E-state index in [1.54, 1.807) is 0 Å². The predicted molar refractivity (Wildman–Crippen MR) is 16.1 cm³/mol. The monoisotopic (exact) mass is 90.0 g/mol. The molecule has 0 aromatic heterocycles. The van der Waals surface area contributed by atoms with Crippen LogP contribution in [0, 0.1) is 0 Å². The molecule has 1 heterocycles. The van der Waals surface area contributed by atoms with Crippen LogP contribution in [-0.4, -0.2) is 16.2 Å². The van der Waals surface area contributed by atoms with Gasteiger partial charge < -0.3 is 8.85 Å². The number of hydrogen-bond donors (Lipinski definition) is 0. The molecule has 0 aliphatic carbocycles. The van der Waals surface area contributed by atoms with Crippen molar-refractivity contribution in [3.63, 3.8) is 0 Å². The van der Waals surface area contributed by atoms with Gasteiger partial charge in [0.25, 0.3) is 0 Å². The van der Waals surface area contributed by atoms with E-state index in [1.807, 2.05) is 0 Å². The summed E-state index contributed by atoms with van der Waals surface area (Å²) in [7, 11) is -0.792. The average molecular weight is 90.1 g/mol. The Kier molecular flexibility index (Phi) is 0.388. The molecule has 0 bridgehead atoms. The molecule has 0 radical (unpaired) electrons. The topological polar surface area (TPSA) is 35.5 Å². The van der Waals surface area contributed by atoms with Gasteiger partial charge in [0, 0.05) is 0 Å². The van der Waals surface area contributed by atoms with Gasteiger partial charge in [-0.1, -0.05) is 0 Å². The molecule has 1 saturated heterocycles. The minimum Gasteiger partial charge on any atom is -0.459 e. The fraction of sp³-hybridized carbons (Fsp3) is 0. The summed E-state index contributed by atoms with van der Waals surface area (Å²) in [6, 6.07) is 0. The smallest absolute Gasteiger partial charge is 0.459 e. The lowest BCUT2D eigenvalue weighted by Gasteiger charge is -2.10. The minimum absolute atomic E-state index is 0.503. The first kappa shape index (κ1) is 2.71. The van der Waals surface area contributed by atoms with Gasteiger partial charge in [-0.05, 0) is 0 Å². The molecular formula is CH2O3Si. The van der Waals surface area contributed by atoms with Crippen molar-refractivity contribution in [1.82, 2.24) is 0 Å². The number of carbonyl (C=O) groups excluding carboxylic acids is 1. The van der Waals surface area contributed by atoms with E-state index in [9.17, 15) is 4.79 Å². The summed E-state index contributed by atoms with van der Waals surface area (Å²) in [5.41, 5.74) is 0. The summed E-state index contributed by atoms with van der Waals surface area (Å²) in [4.78, 5) is 9.49. The molecule has 0 aromatic rings. The number of carbonyl (C=O) groups is 1. The van der Waals surface area contributed by atoms with E-state index in [1.165, 1.54) is 0 Å². The Morgan fingerprint density at radius 3 is 2.00 bits per heavy atom. The van der Waals surface area contributed by atoms with Gasteiger partial charge in [0.15, 0.2) is 0 Å². The van der Waals surface area contributed by atoms with Crippen molar-refractivity contribution >= 4 is 16.2 Å². The molecule has 3 nitrogen and oxygen atoms in total. The van der Waals surface area contributed by atoms with E-state index in [4.69, 9.17) is 0 Å². The van der Waals surface area contributed by atoms with E-state index in [0.717, 1.165) is 0 Å². The lowest BCUT2D eigenvalue weighted by Crippen LogP contribution is -2.25. The molecule has 0 saturated carbocycles. The van der Waals surface area contributed by atoms with Crippen molar-refractivity contribution in [3.8, 4) is 0 Å². The molecule has 0 unspecified atom stereocenters. The van der Waals surface area contributed by atoms with Crippen LogP contribution in [0.25, 0.3) is 0 Å². The highest BCUT2D eigenvalue weighted by Gasteiger charge is 2.13. The molecule has 0 N–H and O–H groups in total. The summed E-state index contributed by atoms with van der Waals surface area (Å²) in [5.74, 6) is 0. The molecule has 1 aliphatic heterocycles. The van der Waals surface area contributed by atoms with Gasteiger partial charge in [0.05, 0.1) is 0 Å². The van der Waals surface area contributed by atoms with Crippen molar-refractivity contribution < 1.29 is 13.6 Å². The van der Waals surface area contributed by atoms with E-state index in [0.29, 0.717) is 0 Å². The Morgan fingerprint density at radius 2 is 2.00 bits per heavy atom. The van der Waals surface area contributed by atoms with E-state index < -0.39 is 16.2 Å². The Balaban J connectivity index is 2.32. The molecule has 5 heavy (non-hydrogen) atoms. The average Bonchev–Trinajstić information content (AvgIpc) is 1.30. The van der Waals surface area contributed by atoms with Crippen LogP contribution >= 0.6 is 0 Å². The van der Waals surface area contributed by atoms with Gasteiger partial charge in [0.1, 0.15) is 0 Å². The molecule has 0 aromatic carbocycles. The maximum atomic E-state index is 9.49. The molecule has 0 amide bonds. The first-order chi connectivity index (χ1) is 2.39. The van der Waals surface area contributed by atoms with Crippen molar-refractivity contribution in [2.75, 3.05) is 0 Å². The molecule has 28 valence electrons. The summed E-state index contributed by atoms with van der Waals surface area (Å²) in [6.45, 7) is 0. The van der Waals surface area contributed by atoms with Crippen molar-refractivity contribution in [2.24, 2.45) is 0 Å². The van der Waals surface area contributed by atoms with Crippen LogP contribution in [0.15, 0.2) is 0 Å². The van der Waals surface area contributed by atoms with Gasteiger partial charge in [0.2, 0.25) is 0 Å². The zero-order chi connectivity index (χ0) is 3.70. The standard InChI is InChI=1S/CH2O3Si/c2-1-3-5-4-1/h5H2. The molecule has 0 atom stereocenters. The summed E-state index contributed by atoms with van der Waals surface area (Å²) >= 11 is 0. The third-order valence-corrected chi connectivity index (χ3v) is 1.06. The minimum atomic E-state index is -0.792. The fourth-order valence-electron chi connectivity index (χ4n) is 0.107. The highest BCUT2D eigenvalue weighted by molar-refractivity contribution is 6.31. The number of rotatable bonds is 0. The highest BCUT2D eigenvalue weighted by atomic mass is 28.3. The van der Waals surface area contributed by atoms with Crippen LogP contribution in [0.3, 0.4) is 0 Å². The largest absolute Gasteiger partial charge is 0.484 e. The van der Waals surface area contributed by atoms with Crippen molar-refractivity contribution in [2.45, 2.75) is 0 Å². The Bertz CT molecular complexity index is 53.9. The Hall–Kier alpha value is -0.513. The first-order valence-electron chi connectivity index (χ1n) is 1.19. The Labute approximate surface area is 30.9 Å². The van der Waals surface area contributed by atoms with Crippen LogP contribution in [0.2, 0.25) is 0 Å². The van der Waals surface area contributed by atoms with Crippen LogP contribution in [0.5, 0.6) is 0 Å². The lowest BCUT2D eigenvalue weighted by atomic mass is 11.4. The van der Waals surface area contributed by atoms with Gasteiger partial charge >= 0.3 is 16.2 Å². The SMILES string of the molecule is O=C1O[SiH2]O1. The van der Waals surface area contributed by atoms with E-state index >= 15 is 0 Å². The second kappa shape index (κ2) is 0.716. The zero-order valence-corrected chi connectivity index (χ0v) is 3.85. The number of hydrogen-bond acceptors (Lipinski definition) is 3. The van der Waals surface area contributed by atoms with E-state index in [-0.39, 0.29) is 0 Å². The van der Waals surface area contributed by atoms with Crippen LogP contribution in [-0.2, 0) is 8.85 Å². The van der Waals surface area contributed by atoms with Gasteiger partial charge in [-0.3, -0.25) is 0 Å². The lowest BCUT2D eigenvalue weighted by molar-refractivity contribution is 0.102. The summed E-state index contributed by atoms with van der Waals surface area (Å²) < 4.78 is 8.42. The molecule has 1 aliphatic rings. The van der Waals surface area contributed by atoms with Crippen LogP contribution in [0.4, 0.5) is 4.79 Å². The third kappa shape index (κ3) is 0.256. The van der Waals surface area contributed by atoms with Crippen molar-refractivity contribution in [3.05, 3.63) is 0 Å². The summed E-state index contributed by atoms with van der Waals surface area (Å²) in [5, 5.41) is 0. The van der Waals surface area contributed by atoms with Crippen LogP contribution < -0.4 is 0 Å². The Morgan fingerprint density at radius 1 is 1.60 bits per heavy atom. The second-order valence-corrected chi connectivity index (χ2v) is 1.47. The molecule has 0 spiro atoms. The highest BCUT2D eigenvalue weighted by Crippen LogP contribution is 1.90. The molecular weight excluding hydrogens is 88.1 g/mol. The van der Waals surface area contributed by atoms with Crippen LogP contribution in [0.1, 0.15) is 0 Å². The second-order valence-electron chi connectivity index (χ2n) is 0.657. The third-order valence-electron chi connectivity index (χ3n) is 0.354. The maximum absolute atomic E-state index is 9.49. The molecule has 4 heteroatoms. The van der Waals surface area contributed by atoms with Gasteiger partial charge in [-0.15, -0.1) is 0 Å². The van der Waals surface area contributed by atoms with Crippen molar-refractivity contribution in [1.29, 1.82) is 0 Å². The van der Waals surface area contributed by atoms with E-state index in [2.05, 4.69) is 8.85 Å². The fourth-order valence-corrected chi connectivity index (χ4v) is 0.321. The predicted octanol–water partition coefficient (Wildman–Crippen LogP) is -0.848. The van der Waals surface area contributed by atoms with Gasteiger partial charge in [-0.25, -0.2) is 4.79 Å². The first-order valence-corrected chi connectivity index (χ1v) is 2.34. The quantitative estimate of drug-likeness (QED) is 0.363. The zero-order valence-electron chi connectivity index (χ0n) is 2.43. The molecule has 1 rings (SSSR count). The molecule has 1 fully saturated rings. The normalized spacial score (nSPS) is 18.8.